The first-order chi connectivity index (χ1) is 21.0. The molecular formula is C34H52O10. The van der Waals surface area contributed by atoms with E-state index in [1.54, 1.807) is 6.08 Å². The molecular weight excluding hydrogens is 568 g/mol. The lowest BCUT2D eigenvalue weighted by molar-refractivity contribution is -0.579. The number of rotatable bonds is 6. The number of hydrogen-bond acceptors (Lipinski definition) is 10. The Hall–Kier alpha value is -0.660. The first-order valence-electron chi connectivity index (χ1n) is 17.3. The topological polar surface area (TPSA) is 92.3 Å². The maximum absolute atomic E-state index is 6.66. The van der Waals surface area contributed by atoms with Gasteiger partial charge < -0.3 is 28.4 Å². The van der Waals surface area contributed by atoms with Crippen molar-refractivity contribution >= 4 is 0 Å². The first kappa shape index (κ1) is 30.7. The van der Waals surface area contributed by atoms with Crippen LogP contribution in [0, 0.1) is 47.3 Å². The highest BCUT2D eigenvalue weighted by Gasteiger charge is 2.71. The zero-order chi connectivity index (χ0) is 30.6. The molecule has 44 heavy (non-hydrogen) atoms. The van der Waals surface area contributed by atoms with Gasteiger partial charge in [0.2, 0.25) is 11.6 Å². The van der Waals surface area contributed by atoms with Crippen LogP contribution in [0.2, 0.25) is 0 Å². The van der Waals surface area contributed by atoms with Crippen molar-refractivity contribution in [3.05, 3.63) is 12.7 Å². The SMILES string of the molecule is C=C[C@@H](CO[C@H]1O[C@@H]2O[C@@]3(C)CC[C@H]4[C@H](C)CC[C@@H]([C@H]1C)[C@@]24OO3)O[C@H]1O[C@@H]2O[C@@]3(C)CC[C@H]4[C@H](C)CC[C@@H]([C@H]1C)[C@@]24OO3. The van der Waals surface area contributed by atoms with Crippen molar-refractivity contribution in [2.45, 2.75) is 147 Å². The highest BCUT2D eigenvalue weighted by atomic mass is 17.3. The Balaban J connectivity index is 0.975. The second-order valence-electron chi connectivity index (χ2n) is 15.8. The average Bonchev–Trinajstić information content (AvgIpc) is 3.37. The molecule has 4 bridgehead atoms. The van der Waals surface area contributed by atoms with Crippen molar-refractivity contribution in [2.24, 2.45) is 47.3 Å². The fourth-order valence-electron chi connectivity index (χ4n) is 10.6. The molecule has 8 aliphatic heterocycles. The van der Waals surface area contributed by atoms with E-state index in [1.807, 2.05) is 13.8 Å². The van der Waals surface area contributed by atoms with Crippen molar-refractivity contribution in [3.8, 4) is 0 Å². The average molecular weight is 621 g/mol. The summed E-state index contributed by atoms with van der Waals surface area (Å²) in [6.07, 6.45) is 7.21. The van der Waals surface area contributed by atoms with Gasteiger partial charge in [-0.05, 0) is 76.0 Å². The van der Waals surface area contributed by atoms with E-state index in [4.69, 9.17) is 48.0 Å². The fourth-order valence-corrected chi connectivity index (χ4v) is 10.6. The van der Waals surface area contributed by atoms with E-state index in [0.717, 1.165) is 51.4 Å². The molecule has 10 fully saturated rings. The predicted octanol–water partition coefficient (Wildman–Crippen LogP) is 5.99. The van der Waals surface area contributed by atoms with Crippen LogP contribution in [-0.2, 0) is 48.0 Å². The third-order valence-corrected chi connectivity index (χ3v) is 13.2. The quantitative estimate of drug-likeness (QED) is 0.260. The smallest absolute Gasteiger partial charge is 0.201 e. The summed E-state index contributed by atoms with van der Waals surface area (Å²) in [6, 6.07) is 0. The minimum Gasteiger partial charge on any atom is -0.349 e. The van der Waals surface area contributed by atoms with Crippen LogP contribution in [0.4, 0.5) is 0 Å². The van der Waals surface area contributed by atoms with Gasteiger partial charge in [0.1, 0.15) is 6.10 Å². The highest BCUT2D eigenvalue weighted by Crippen LogP contribution is 2.62. The van der Waals surface area contributed by atoms with Gasteiger partial charge in [-0.15, -0.1) is 6.58 Å². The van der Waals surface area contributed by atoms with E-state index >= 15 is 0 Å². The third-order valence-electron chi connectivity index (χ3n) is 13.2. The molecule has 8 heterocycles. The molecule has 0 amide bonds. The number of fused-ring (bicyclic) bond motifs is 4. The molecule has 10 rings (SSSR count). The van der Waals surface area contributed by atoms with Gasteiger partial charge >= 0.3 is 0 Å². The highest BCUT2D eigenvalue weighted by molar-refractivity contribution is 5.10. The summed E-state index contributed by atoms with van der Waals surface area (Å²) in [7, 11) is 0. The molecule has 0 aromatic carbocycles. The minimum atomic E-state index is -0.823. The van der Waals surface area contributed by atoms with Gasteiger partial charge in [-0.1, -0.05) is 33.8 Å². The summed E-state index contributed by atoms with van der Waals surface area (Å²) in [5.74, 6) is 0.547. The van der Waals surface area contributed by atoms with E-state index in [2.05, 4.69) is 34.3 Å². The fraction of sp³-hybridized carbons (Fsp3) is 0.941. The van der Waals surface area contributed by atoms with Crippen LogP contribution in [0.3, 0.4) is 0 Å². The van der Waals surface area contributed by atoms with Gasteiger partial charge in [0.25, 0.3) is 0 Å². The minimum absolute atomic E-state index is 0.0667. The molecule has 0 unspecified atom stereocenters. The summed E-state index contributed by atoms with van der Waals surface area (Å²) in [4.78, 5) is 24.5. The van der Waals surface area contributed by atoms with Crippen LogP contribution < -0.4 is 0 Å². The van der Waals surface area contributed by atoms with E-state index in [-0.39, 0.29) is 30.3 Å². The molecule has 10 nitrogen and oxygen atoms in total. The van der Waals surface area contributed by atoms with Crippen LogP contribution in [-0.4, -0.2) is 60.6 Å². The number of ether oxygens (including phenoxy) is 6. The summed E-state index contributed by atoms with van der Waals surface area (Å²) in [5, 5.41) is 0. The van der Waals surface area contributed by atoms with Crippen LogP contribution >= 0.6 is 0 Å². The van der Waals surface area contributed by atoms with Crippen molar-refractivity contribution in [3.63, 3.8) is 0 Å². The van der Waals surface area contributed by atoms with Crippen molar-refractivity contribution in [1.29, 1.82) is 0 Å². The van der Waals surface area contributed by atoms with Crippen molar-refractivity contribution < 1.29 is 48.0 Å². The summed E-state index contributed by atoms with van der Waals surface area (Å²) in [5.41, 5.74) is -1.23. The Morgan fingerprint density at radius 2 is 1.18 bits per heavy atom. The maximum atomic E-state index is 6.66. The summed E-state index contributed by atoms with van der Waals surface area (Å²) < 4.78 is 39.5. The Morgan fingerprint density at radius 1 is 0.682 bits per heavy atom. The van der Waals surface area contributed by atoms with E-state index < -0.39 is 54.0 Å². The Labute approximate surface area is 261 Å². The molecule has 10 heteroatoms. The molecule has 2 spiro atoms. The van der Waals surface area contributed by atoms with Crippen LogP contribution in [0.25, 0.3) is 0 Å². The van der Waals surface area contributed by atoms with Crippen LogP contribution in [0.15, 0.2) is 12.7 Å². The molecule has 0 radical (unpaired) electrons. The largest absolute Gasteiger partial charge is 0.349 e. The van der Waals surface area contributed by atoms with Gasteiger partial charge in [0.05, 0.1) is 6.61 Å². The van der Waals surface area contributed by atoms with Gasteiger partial charge in [0.15, 0.2) is 36.4 Å². The molecule has 248 valence electrons. The molecule has 0 aromatic rings. The molecule has 0 aromatic heterocycles. The lowest BCUT2D eigenvalue weighted by atomic mass is 9.58. The van der Waals surface area contributed by atoms with Gasteiger partial charge in [-0.2, -0.15) is 0 Å². The zero-order valence-electron chi connectivity index (χ0n) is 27.2. The van der Waals surface area contributed by atoms with Gasteiger partial charge in [-0.3, -0.25) is 0 Å². The molecule has 8 saturated heterocycles. The Morgan fingerprint density at radius 3 is 1.70 bits per heavy atom. The van der Waals surface area contributed by atoms with Gasteiger partial charge in [-0.25, -0.2) is 19.6 Å². The summed E-state index contributed by atoms with van der Waals surface area (Å²) >= 11 is 0. The standard InChI is InChI=1S/C34H52O10/c1-8-22(36-28-21(5)26-12-10-19(3)24-14-16-32(7)40-30(38-28)34(24,26)44-42-32)17-35-27-20(4)25-11-9-18(2)23-13-15-31(6)39-29(37-27)33(23,25)43-41-31/h8,18-30H,1,9-17H2,2-7H3/t18-,19-,20-,21-,22+,23+,24+,25+,26+,27+,28+,29-,30-,31-,32-,33-,34-/m1/s1. The van der Waals surface area contributed by atoms with Crippen molar-refractivity contribution in [2.75, 3.05) is 6.61 Å². The van der Waals surface area contributed by atoms with Gasteiger partial charge in [0, 0.05) is 36.5 Å². The lowest BCUT2D eigenvalue weighted by Gasteiger charge is -2.60. The molecule has 2 aliphatic carbocycles. The van der Waals surface area contributed by atoms with Crippen molar-refractivity contribution in [1.82, 2.24) is 0 Å². The third kappa shape index (κ3) is 4.35. The van der Waals surface area contributed by atoms with E-state index in [1.165, 1.54) is 0 Å². The van der Waals surface area contributed by atoms with Crippen LogP contribution in [0.5, 0.6) is 0 Å². The first-order valence-corrected chi connectivity index (χ1v) is 17.3. The van der Waals surface area contributed by atoms with E-state index in [9.17, 15) is 0 Å². The van der Waals surface area contributed by atoms with Crippen LogP contribution in [0.1, 0.15) is 92.9 Å². The Kier molecular flexibility index (Phi) is 7.44. The Bertz CT molecular complexity index is 1120. The molecule has 2 saturated carbocycles. The number of hydrogen-bond donors (Lipinski definition) is 0. The summed E-state index contributed by atoms with van der Waals surface area (Å²) in [6.45, 7) is 17.3. The zero-order valence-corrected chi connectivity index (χ0v) is 27.2. The molecule has 0 N–H and O–H groups in total. The maximum Gasteiger partial charge on any atom is 0.201 e. The molecule has 17 atom stereocenters. The predicted molar refractivity (Wildman–Crippen MR) is 155 cm³/mol. The second-order valence-corrected chi connectivity index (χ2v) is 15.8. The van der Waals surface area contributed by atoms with E-state index in [0.29, 0.717) is 23.7 Å². The normalized spacial score (nSPS) is 58.3. The second kappa shape index (κ2) is 10.7. The molecule has 10 aliphatic rings. The lowest BCUT2D eigenvalue weighted by Crippen LogP contribution is -2.70. The monoisotopic (exact) mass is 620 g/mol.